The number of aryl methyl sites for hydroxylation is 2. The van der Waals surface area contributed by atoms with Crippen molar-refractivity contribution in [1.29, 1.82) is 0 Å². The topological polar surface area (TPSA) is 78.4 Å². The number of fused-ring (bicyclic) bond motifs is 3. The molecule has 0 radical (unpaired) electrons. The first-order valence-corrected chi connectivity index (χ1v) is 9.45. The smallest absolute Gasteiger partial charge is 0.317 e. The van der Waals surface area contributed by atoms with E-state index in [4.69, 9.17) is 5.11 Å². The van der Waals surface area contributed by atoms with Gasteiger partial charge in [-0.25, -0.2) is 9.97 Å². The molecule has 2 aromatic rings. The fraction of sp³-hybridized carbons (Fsp3) is 0.588. The molecule has 0 bridgehead atoms. The summed E-state index contributed by atoms with van der Waals surface area (Å²) in [4.78, 5) is 24.5. The Morgan fingerprint density at radius 3 is 3.00 bits per heavy atom. The van der Waals surface area contributed by atoms with Crippen LogP contribution in [0, 0.1) is 0 Å². The maximum atomic E-state index is 10.9. The summed E-state index contributed by atoms with van der Waals surface area (Å²) in [6, 6.07) is 0.724. The van der Waals surface area contributed by atoms with Crippen molar-refractivity contribution in [2.45, 2.75) is 51.1 Å². The molecule has 2 aliphatic carbocycles. The van der Waals surface area contributed by atoms with Gasteiger partial charge >= 0.3 is 5.97 Å². The van der Waals surface area contributed by atoms with Gasteiger partial charge in [0.05, 0.1) is 11.9 Å². The highest BCUT2D eigenvalue weighted by molar-refractivity contribution is 7.19. The third kappa shape index (κ3) is 2.75. The first-order chi connectivity index (χ1) is 11.7. The van der Waals surface area contributed by atoms with Crippen molar-refractivity contribution in [2.75, 3.05) is 18.4 Å². The monoisotopic (exact) mass is 346 g/mol. The Bertz CT molecular complexity index is 769. The van der Waals surface area contributed by atoms with Gasteiger partial charge in [0.25, 0.3) is 0 Å². The van der Waals surface area contributed by atoms with Crippen LogP contribution >= 0.6 is 11.3 Å². The molecule has 6 nitrogen and oxygen atoms in total. The molecule has 2 heterocycles. The Balaban J connectivity index is 1.46. The minimum absolute atomic E-state index is 0.129. The van der Waals surface area contributed by atoms with Gasteiger partial charge in [-0.2, -0.15) is 0 Å². The summed E-state index contributed by atoms with van der Waals surface area (Å²) < 4.78 is 0. The van der Waals surface area contributed by atoms with Crippen LogP contribution in [-0.2, 0) is 17.6 Å². The van der Waals surface area contributed by atoms with E-state index >= 15 is 0 Å². The zero-order valence-electron chi connectivity index (χ0n) is 13.8. The van der Waals surface area contributed by atoms with E-state index in [1.807, 2.05) is 11.8 Å². The lowest BCUT2D eigenvalue weighted by atomic mass is 9.85. The van der Waals surface area contributed by atoms with Crippen LogP contribution in [0.5, 0.6) is 0 Å². The van der Waals surface area contributed by atoms with Crippen LogP contribution in [-0.4, -0.2) is 51.1 Å². The molecule has 2 aromatic heterocycles. The average Bonchev–Trinajstić information content (AvgIpc) is 3.08. The van der Waals surface area contributed by atoms with Crippen molar-refractivity contribution < 1.29 is 9.90 Å². The molecule has 1 fully saturated rings. The molecular formula is C17H22N4O2S. The minimum Gasteiger partial charge on any atom is -0.480 e. The lowest BCUT2D eigenvalue weighted by Crippen LogP contribution is -2.51. The third-order valence-electron chi connectivity index (χ3n) is 5.22. The Kier molecular flexibility index (Phi) is 4.14. The molecule has 0 spiro atoms. The second-order valence-electron chi connectivity index (χ2n) is 6.68. The van der Waals surface area contributed by atoms with Crippen molar-refractivity contribution in [3.05, 3.63) is 16.8 Å². The van der Waals surface area contributed by atoms with Crippen LogP contribution in [0.4, 0.5) is 5.82 Å². The number of carboxylic acid groups (broad SMARTS) is 1. The van der Waals surface area contributed by atoms with E-state index in [1.54, 1.807) is 17.7 Å². The molecule has 128 valence electrons. The van der Waals surface area contributed by atoms with E-state index < -0.39 is 5.97 Å². The van der Waals surface area contributed by atoms with Crippen LogP contribution < -0.4 is 5.32 Å². The third-order valence-corrected chi connectivity index (χ3v) is 6.42. The summed E-state index contributed by atoms with van der Waals surface area (Å²) in [7, 11) is 0. The maximum absolute atomic E-state index is 10.9. The minimum atomic E-state index is -0.750. The number of anilines is 1. The molecule has 1 saturated carbocycles. The van der Waals surface area contributed by atoms with E-state index in [9.17, 15) is 4.79 Å². The van der Waals surface area contributed by atoms with Crippen LogP contribution in [0.3, 0.4) is 0 Å². The van der Waals surface area contributed by atoms with Crippen molar-refractivity contribution in [3.8, 4) is 0 Å². The van der Waals surface area contributed by atoms with Gasteiger partial charge in [-0.1, -0.05) is 6.92 Å². The number of hydrogen-bond donors (Lipinski definition) is 2. The van der Waals surface area contributed by atoms with E-state index in [1.165, 1.54) is 28.7 Å². The fourth-order valence-electron chi connectivity index (χ4n) is 3.91. The van der Waals surface area contributed by atoms with Crippen molar-refractivity contribution in [3.63, 3.8) is 0 Å². The van der Waals surface area contributed by atoms with E-state index in [2.05, 4.69) is 15.3 Å². The average molecular weight is 346 g/mol. The molecule has 0 unspecified atom stereocenters. The van der Waals surface area contributed by atoms with Gasteiger partial charge in [0.15, 0.2) is 0 Å². The second kappa shape index (κ2) is 6.29. The number of hydrogen-bond acceptors (Lipinski definition) is 6. The number of carbonyl (C=O) groups is 1. The van der Waals surface area contributed by atoms with Crippen molar-refractivity contribution in [2.24, 2.45) is 0 Å². The normalized spacial score (nSPS) is 22.6. The SMILES string of the molecule is CCN(CC(=O)O)C1CC(Nc2ncnc3sc4c(c23)CCC4)C1. The largest absolute Gasteiger partial charge is 0.480 e. The van der Waals surface area contributed by atoms with Gasteiger partial charge in [0.1, 0.15) is 17.0 Å². The maximum Gasteiger partial charge on any atom is 0.317 e. The predicted molar refractivity (Wildman–Crippen MR) is 94.8 cm³/mol. The Morgan fingerprint density at radius 1 is 1.42 bits per heavy atom. The van der Waals surface area contributed by atoms with Crippen LogP contribution in [0.1, 0.15) is 36.6 Å². The Morgan fingerprint density at radius 2 is 2.25 bits per heavy atom. The van der Waals surface area contributed by atoms with Gasteiger partial charge in [-0.3, -0.25) is 9.69 Å². The molecule has 2 N–H and O–H groups in total. The molecule has 0 saturated heterocycles. The van der Waals surface area contributed by atoms with Crippen molar-refractivity contribution >= 4 is 33.3 Å². The molecule has 0 aliphatic heterocycles. The second-order valence-corrected chi connectivity index (χ2v) is 7.77. The first-order valence-electron chi connectivity index (χ1n) is 8.63. The van der Waals surface area contributed by atoms with Crippen LogP contribution in [0.2, 0.25) is 0 Å². The summed E-state index contributed by atoms with van der Waals surface area (Å²) in [6.45, 7) is 2.93. The quantitative estimate of drug-likeness (QED) is 0.837. The summed E-state index contributed by atoms with van der Waals surface area (Å²) in [5.74, 6) is 0.212. The molecule has 0 atom stereocenters. The number of aliphatic carboxylic acids is 1. The number of nitrogens with zero attached hydrogens (tertiary/aromatic N) is 3. The van der Waals surface area contributed by atoms with E-state index in [0.29, 0.717) is 12.1 Å². The molecule has 0 amide bonds. The van der Waals surface area contributed by atoms with Crippen molar-refractivity contribution in [1.82, 2.24) is 14.9 Å². The summed E-state index contributed by atoms with van der Waals surface area (Å²) in [6.07, 6.45) is 7.12. The molecule has 0 aromatic carbocycles. The standard InChI is InChI=1S/C17H22N4O2S/c1-2-21(8-14(22)23)11-6-10(7-11)20-16-15-12-4-3-5-13(12)24-17(15)19-9-18-16/h9-11H,2-8H2,1H3,(H,22,23)(H,18,19,20). The van der Waals surface area contributed by atoms with E-state index in [0.717, 1.165) is 36.5 Å². The van der Waals surface area contributed by atoms with Crippen LogP contribution in [0.25, 0.3) is 10.2 Å². The lowest BCUT2D eigenvalue weighted by molar-refractivity contribution is -0.139. The molecule has 4 rings (SSSR count). The number of nitrogens with one attached hydrogen (secondary N) is 1. The highest BCUT2D eigenvalue weighted by atomic mass is 32.1. The van der Waals surface area contributed by atoms with Crippen LogP contribution in [0.15, 0.2) is 6.33 Å². The molecule has 7 heteroatoms. The highest BCUT2D eigenvalue weighted by Gasteiger charge is 2.34. The fourth-order valence-corrected chi connectivity index (χ4v) is 5.14. The lowest BCUT2D eigenvalue weighted by Gasteiger charge is -2.42. The Hall–Kier alpha value is -1.73. The number of thiophene rings is 1. The number of aromatic nitrogens is 2. The molecular weight excluding hydrogens is 324 g/mol. The zero-order valence-corrected chi connectivity index (χ0v) is 14.6. The summed E-state index contributed by atoms with van der Waals surface area (Å²) >= 11 is 1.80. The molecule has 24 heavy (non-hydrogen) atoms. The summed E-state index contributed by atoms with van der Waals surface area (Å²) in [5.41, 5.74) is 1.44. The van der Waals surface area contributed by atoms with E-state index in [-0.39, 0.29) is 6.54 Å². The summed E-state index contributed by atoms with van der Waals surface area (Å²) in [5, 5.41) is 13.8. The van der Waals surface area contributed by atoms with Gasteiger partial charge < -0.3 is 10.4 Å². The first kappa shape index (κ1) is 15.8. The number of rotatable bonds is 6. The highest BCUT2D eigenvalue weighted by Crippen LogP contribution is 2.40. The van der Waals surface area contributed by atoms with Gasteiger partial charge in [0, 0.05) is 17.0 Å². The molecule has 2 aliphatic rings. The number of likely N-dealkylation sites (N-methyl/N-ethyl adjacent to an activating group) is 1. The van der Waals surface area contributed by atoms with Gasteiger partial charge in [-0.05, 0) is 44.2 Å². The van der Waals surface area contributed by atoms with Gasteiger partial charge in [-0.15, -0.1) is 11.3 Å². The predicted octanol–water partition coefficient (Wildman–Crippen LogP) is 2.53. The van der Waals surface area contributed by atoms with Gasteiger partial charge in [0.2, 0.25) is 0 Å². The Labute approximate surface area is 144 Å². The number of carboxylic acids is 1. The zero-order chi connectivity index (χ0) is 16.7.